The predicted octanol–water partition coefficient (Wildman–Crippen LogP) is 20.3. The molecule has 0 amide bonds. The molecule has 0 radical (unpaired) electrons. The summed E-state index contributed by atoms with van der Waals surface area (Å²) in [5.41, 5.74) is 23.0. The molecule has 0 bridgehead atoms. The SMILES string of the molecule is CC1(C)c2ccccc2-c2ccc(-c3ccccc3N(c3ccc(-c4ccc5c(c4)C(c4ccccc4)(c4ccccc4)c4ccccc4-5)cc3)c3ccccc3-c3cccc4c3sc3c5ccccc5ccc43)cc21. The first kappa shape index (κ1) is 44.4. The van der Waals surface area contributed by atoms with E-state index >= 15 is 0 Å². The van der Waals surface area contributed by atoms with Crippen molar-refractivity contribution in [3.05, 3.63) is 306 Å². The molecule has 2 aliphatic rings. The molecule has 0 atom stereocenters. The van der Waals surface area contributed by atoms with Gasteiger partial charge in [0.15, 0.2) is 0 Å². The zero-order chi connectivity index (χ0) is 50.5. The zero-order valence-corrected chi connectivity index (χ0v) is 43.2. The maximum absolute atomic E-state index is 2.51. The quantitative estimate of drug-likeness (QED) is 0.147. The minimum Gasteiger partial charge on any atom is -0.309 e. The van der Waals surface area contributed by atoms with Gasteiger partial charge in [-0.15, -0.1) is 11.3 Å². The molecule has 15 rings (SSSR count). The summed E-state index contributed by atoms with van der Waals surface area (Å²) in [4.78, 5) is 2.51. The molecule has 13 aromatic rings. The summed E-state index contributed by atoms with van der Waals surface area (Å²) in [6.45, 7) is 4.75. The lowest BCUT2D eigenvalue weighted by Crippen LogP contribution is -2.28. The third-order valence-electron chi connectivity index (χ3n) is 16.8. The van der Waals surface area contributed by atoms with Crippen LogP contribution in [0.25, 0.3) is 86.6 Å². The maximum Gasteiger partial charge on any atom is 0.0713 e. The maximum atomic E-state index is 2.51. The minimum atomic E-state index is -0.478. The van der Waals surface area contributed by atoms with Gasteiger partial charge in [-0.25, -0.2) is 0 Å². The van der Waals surface area contributed by atoms with Crippen LogP contribution in [0.1, 0.15) is 47.2 Å². The Morgan fingerprint density at radius 2 is 0.803 bits per heavy atom. The molecule has 1 nitrogen and oxygen atoms in total. The van der Waals surface area contributed by atoms with Crippen molar-refractivity contribution in [2.24, 2.45) is 0 Å². The lowest BCUT2D eigenvalue weighted by Gasteiger charge is -2.34. The lowest BCUT2D eigenvalue weighted by molar-refractivity contribution is 0.660. The summed E-state index contributed by atoms with van der Waals surface area (Å²) in [6, 6.07) is 102. The number of hydrogen-bond acceptors (Lipinski definition) is 2. The highest BCUT2D eigenvalue weighted by molar-refractivity contribution is 7.27. The highest BCUT2D eigenvalue weighted by atomic mass is 32.1. The van der Waals surface area contributed by atoms with Crippen LogP contribution in [0, 0.1) is 0 Å². The van der Waals surface area contributed by atoms with E-state index in [2.05, 4.69) is 292 Å². The van der Waals surface area contributed by atoms with Crippen molar-refractivity contribution >= 4 is 59.3 Å². The first-order valence-corrected chi connectivity index (χ1v) is 27.3. The fraction of sp³-hybridized carbons (Fsp3) is 0.0541. The van der Waals surface area contributed by atoms with E-state index in [-0.39, 0.29) is 5.41 Å². The van der Waals surface area contributed by atoms with Gasteiger partial charge in [0, 0.05) is 48.0 Å². The van der Waals surface area contributed by atoms with Gasteiger partial charge in [0.1, 0.15) is 0 Å². The zero-order valence-electron chi connectivity index (χ0n) is 42.3. The summed E-state index contributed by atoms with van der Waals surface area (Å²) in [6.07, 6.45) is 0. The molecular weight excluding hydrogens is 935 g/mol. The van der Waals surface area contributed by atoms with Crippen LogP contribution in [-0.4, -0.2) is 0 Å². The highest BCUT2D eigenvalue weighted by Crippen LogP contribution is 2.57. The molecule has 2 aliphatic carbocycles. The third kappa shape index (κ3) is 6.57. The molecule has 0 aliphatic heterocycles. The molecule has 2 heteroatoms. The second-order valence-electron chi connectivity index (χ2n) is 21.1. The molecule has 0 N–H and O–H groups in total. The van der Waals surface area contributed by atoms with Gasteiger partial charge < -0.3 is 4.90 Å². The first-order valence-electron chi connectivity index (χ1n) is 26.5. The average molecular weight is 986 g/mol. The molecule has 12 aromatic carbocycles. The topological polar surface area (TPSA) is 3.24 Å². The summed E-state index contributed by atoms with van der Waals surface area (Å²) < 4.78 is 2.63. The Kier molecular flexibility index (Phi) is 10.1. The van der Waals surface area contributed by atoms with E-state index in [9.17, 15) is 0 Å². The summed E-state index contributed by atoms with van der Waals surface area (Å²) in [5, 5.41) is 5.16. The van der Waals surface area contributed by atoms with Crippen LogP contribution < -0.4 is 4.90 Å². The normalized spacial score (nSPS) is 13.6. The van der Waals surface area contributed by atoms with Crippen LogP contribution in [0.3, 0.4) is 0 Å². The van der Waals surface area contributed by atoms with Crippen molar-refractivity contribution in [1.29, 1.82) is 0 Å². The summed E-state index contributed by atoms with van der Waals surface area (Å²) >= 11 is 1.91. The predicted molar refractivity (Wildman–Crippen MR) is 323 cm³/mol. The molecule has 1 heterocycles. The minimum absolute atomic E-state index is 0.130. The smallest absolute Gasteiger partial charge is 0.0713 e. The number of rotatable bonds is 8. The summed E-state index contributed by atoms with van der Waals surface area (Å²) in [5.74, 6) is 0. The molecular formula is C74H51NS. The monoisotopic (exact) mass is 985 g/mol. The van der Waals surface area contributed by atoms with Gasteiger partial charge in [-0.1, -0.05) is 250 Å². The Morgan fingerprint density at radius 3 is 1.54 bits per heavy atom. The van der Waals surface area contributed by atoms with Crippen molar-refractivity contribution in [2.75, 3.05) is 4.90 Å². The fourth-order valence-corrected chi connectivity index (χ4v) is 14.6. The van der Waals surface area contributed by atoms with E-state index in [4.69, 9.17) is 0 Å². The van der Waals surface area contributed by atoms with E-state index in [0.717, 1.165) is 17.1 Å². The molecule has 76 heavy (non-hydrogen) atoms. The van der Waals surface area contributed by atoms with E-state index in [0.29, 0.717) is 0 Å². The fourth-order valence-electron chi connectivity index (χ4n) is 13.3. The molecule has 0 saturated heterocycles. The van der Waals surface area contributed by atoms with Gasteiger partial charge in [-0.05, 0) is 119 Å². The van der Waals surface area contributed by atoms with Crippen LogP contribution in [0.2, 0.25) is 0 Å². The van der Waals surface area contributed by atoms with Gasteiger partial charge >= 0.3 is 0 Å². The number of fused-ring (bicyclic) bond motifs is 11. The van der Waals surface area contributed by atoms with Crippen molar-refractivity contribution in [3.8, 4) is 55.6 Å². The number of para-hydroxylation sites is 2. The third-order valence-corrected chi connectivity index (χ3v) is 18.1. The molecule has 0 saturated carbocycles. The van der Waals surface area contributed by atoms with Crippen LogP contribution in [0.15, 0.2) is 273 Å². The number of benzene rings is 12. The van der Waals surface area contributed by atoms with Crippen molar-refractivity contribution in [2.45, 2.75) is 24.7 Å². The highest BCUT2D eigenvalue weighted by Gasteiger charge is 2.46. The van der Waals surface area contributed by atoms with E-state index in [1.807, 2.05) is 11.3 Å². The Bertz CT molecular complexity index is 4390. The molecule has 1 aromatic heterocycles. The second-order valence-corrected chi connectivity index (χ2v) is 22.1. The molecule has 0 unspecified atom stereocenters. The van der Waals surface area contributed by atoms with E-state index in [1.165, 1.54) is 120 Å². The lowest BCUT2D eigenvalue weighted by atomic mass is 9.67. The second kappa shape index (κ2) is 17.2. The van der Waals surface area contributed by atoms with Crippen LogP contribution in [0.5, 0.6) is 0 Å². The van der Waals surface area contributed by atoms with E-state index < -0.39 is 5.41 Å². The van der Waals surface area contributed by atoms with Gasteiger partial charge in [0.2, 0.25) is 0 Å². The van der Waals surface area contributed by atoms with Crippen LogP contribution >= 0.6 is 11.3 Å². The first-order chi connectivity index (χ1) is 37.5. The standard InChI is InChI=1S/C74H51NS/c1-73(2)65-32-15-11-27-57(65)59-44-40-51(47-67(59)73)55-25-13-17-34-69(55)75(70-35-18-14-29-61(70)62-30-19-31-63-64-45-38-49-20-9-10-26-56(49)71(64)76-72(62)63)54-41-36-48(37-42-54)50-39-43-60-58-28-12-16-33-66(58)74(68(60)46-50,52-21-5-3-6-22-52)53-23-7-4-8-24-53/h3-47H,1-2H3. The average Bonchev–Trinajstić information content (AvgIpc) is 4.11. The van der Waals surface area contributed by atoms with Crippen LogP contribution in [0.4, 0.5) is 17.1 Å². The van der Waals surface area contributed by atoms with Gasteiger partial charge in [-0.3, -0.25) is 0 Å². The molecule has 0 spiro atoms. The molecule has 358 valence electrons. The Balaban J connectivity index is 0.915. The largest absolute Gasteiger partial charge is 0.309 e. The van der Waals surface area contributed by atoms with Gasteiger partial charge in [-0.2, -0.15) is 0 Å². The number of nitrogens with zero attached hydrogens (tertiary/aromatic N) is 1. The number of hydrogen-bond donors (Lipinski definition) is 0. The summed E-state index contributed by atoms with van der Waals surface area (Å²) in [7, 11) is 0. The van der Waals surface area contributed by atoms with Crippen molar-refractivity contribution < 1.29 is 0 Å². The number of anilines is 3. The van der Waals surface area contributed by atoms with Crippen LogP contribution in [-0.2, 0) is 10.8 Å². The molecule has 0 fully saturated rings. The Labute approximate surface area is 448 Å². The Hall–Kier alpha value is -9.08. The van der Waals surface area contributed by atoms with Crippen molar-refractivity contribution in [1.82, 2.24) is 0 Å². The number of thiophene rings is 1. The van der Waals surface area contributed by atoms with Gasteiger partial charge in [0.05, 0.1) is 16.8 Å². The Morgan fingerprint density at radius 1 is 0.303 bits per heavy atom. The van der Waals surface area contributed by atoms with E-state index in [1.54, 1.807) is 0 Å². The van der Waals surface area contributed by atoms with Crippen molar-refractivity contribution in [3.63, 3.8) is 0 Å². The van der Waals surface area contributed by atoms with Gasteiger partial charge in [0.25, 0.3) is 0 Å².